The smallest absolute Gasteiger partial charge is 0.137 e. The molecule has 0 atom stereocenters. The molecule has 3 heteroatoms. The maximum absolute atomic E-state index is 11.7. The van der Waals surface area contributed by atoms with E-state index in [1.807, 2.05) is 12.1 Å². The number of hydrogen-bond acceptors (Lipinski definition) is 2. The van der Waals surface area contributed by atoms with Crippen molar-refractivity contribution in [1.82, 2.24) is 4.98 Å². The standard InChI is InChI=1S/C13H18BrNO/c1-2-3-4-5-8-12(16)10-11-7-6-9-15-13(11)14/h6-7,9H,2-5,8,10H2,1H3. The third kappa shape index (κ3) is 4.88. The summed E-state index contributed by atoms with van der Waals surface area (Å²) in [6.07, 6.45) is 7.54. The van der Waals surface area contributed by atoms with Crippen LogP contribution in [0.3, 0.4) is 0 Å². The van der Waals surface area contributed by atoms with E-state index < -0.39 is 0 Å². The first-order chi connectivity index (χ1) is 7.74. The van der Waals surface area contributed by atoms with E-state index >= 15 is 0 Å². The highest BCUT2D eigenvalue weighted by atomic mass is 79.9. The van der Waals surface area contributed by atoms with Crippen LogP contribution in [0.1, 0.15) is 44.6 Å². The van der Waals surface area contributed by atoms with Crippen molar-refractivity contribution in [3.8, 4) is 0 Å². The van der Waals surface area contributed by atoms with Gasteiger partial charge in [0.2, 0.25) is 0 Å². The number of hydrogen-bond donors (Lipinski definition) is 0. The number of carbonyl (C=O) groups is 1. The van der Waals surface area contributed by atoms with Gasteiger partial charge in [-0.25, -0.2) is 4.98 Å². The number of carbonyl (C=O) groups excluding carboxylic acids is 1. The highest BCUT2D eigenvalue weighted by Gasteiger charge is 2.06. The highest BCUT2D eigenvalue weighted by molar-refractivity contribution is 9.10. The van der Waals surface area contributed by atoms with Crippen molar-refractivity contribution in [2.45, 2.75) is 45.4 Å². The summed E-state index contributed by atoms with van der Waals surface area (Å²) < 4.78 is 0.789. The van der Waals surface area contributed by atoms with E-state index in [1.165, 1.54) is 12.8 Å². The van der Waals surface area contributed by atoms with Gasteiger partial charge < -0.3 is 0 Å². The molecule has 16 heavy (non-hydrogen) atoms. The van der Waals surface area contributed by atoms with Crippen molar-refractivity contribution in [2.75, 3.05) is 0 Å². The number of pyridine rings is 1. The first-order valence-corrected chi connectivity index (χ1v) is 6.64. The minimum Gasteiger partial charge on any atom is -0.299 e. The molecule has 0 radical (unpaired) electrons. The largest absolute Gasteiger partial charge is 0.299 e. The summed E-state index contributed by atoms with van der Waals surface area (Å²) in [5.41, 5.74) is 0.989. The Kier molecular flexibility index (Phi) is 6.31. The van der Waals surface area contributed by atoms with Crippen LogP contribution in [0.4, 0.5) is 0 Å². The number of rotatable bonds is 7. The Morgan fingerprint density at radius 3 is 2.88 bits per heavy atom. The van der Waals surface area contributed by atoms with Gasteiger partial charge in [0.15, 0.2) is 0 Å². The lowest BCUT2D eigenvalue weighted by atomic mass is 10.1. The molecule has 0 saturated carbocycles. The van der Waals surface area contributed by atoms with Gasteiger partial charge in [-0.3, -0.25) is 4.79 Å². The van der Waals surface area contributed by atoms with E-state index in [0.29, 0.717) is 18.6 Å². The molecule has 2 nitrogen and oxygen atoms in total. The van der Waals surface area contributed by atoms with Crippen LogP contribution < -0.4 is 0 Å². The fraction of sp³-hybridized carbons (Fsp3) is 0.538. The van der Waals surface area contributed by atoms with Gasteiger partial charge >= 0.3 is 0 Å². The van der Waals surface area contributed by atoms with E-state index in [0.717, 1.165) is 23.0 Å². The van der Waals surface area contributed by atoms with E-state index in [4.69, 9.17) is 0 Å². The summed E-state index contributed by atoms with van der Waals surface area (Å²) in [6.45, 7) is 2.18. The average Bonchev–Trinajstić information content (AvgIpc) is 2.28. The van der Waals surface area contributed by atoms with Gasteiger partial charge in [0, 0.05) is 19.0 Å². The van der Waals surface area contributed by atoms with Crippen LogP contribution >= 0.6 is 15.9 Å². The van der Waals surface area contributed by atoms with Gasteiger partial charge in [0.25, 0.3) is 0 Å². The maximum atomic E-state index is 11.7. The summed E-state index contributed by atoms with van der Waals surface area (Å²) in [5.74, 6) is 0.310. The van der Waals surface area contributed by atoms with Crippen molar-refractivity contribution >= 4 is 21.7 Å². The summed E-state index contributed by atoms with van der Waals surface area (Å²) in [6, 6.07) is 3.81. The molecule has 0 aliphatic carbocycles. The molecule has 0 amide bonds. The molecule has 1 aromatic heterocycles. The molecular formula is C13H18BrNO. The van der Waals surface area contributed by atoms with Crippen LogP contribution in [-0.4, -0.2) is 10.8 Å². The lowest BCUT2D eigenvalue weighted by Gasteiger charge is -2.02. The Balaban J connectivity index is 2.32. The molecule has 1 heterocycles. The van der Waals surface area contributed by atoms with Crippen molar-refractivity contribution in [3.05, 3.63) is 28.5 Å². The van der Waals surface area contributed by atoms with Crippen molar-refractivity contribution in [2.24, 2.45) is 0 Å². The summed E-state index contributed by atoms with van der Waals surface area (Å²) in [7, 11) is 0. The zero-order valence-electron chi connectivity index (χ0n) is 9.71. The number of aromatic nitrogens is 1. The first-order valence-electron chi connectivity index (χ1n) is 5.85. The second-order valence-electron chi connectivity index (χ2n) is 3.98. The number of unbranched alkanes of at least 4 members (excludes halogenated alkanes) is 3. The fourth-order valence-corrected chi connectivity index (χ4v) is 1.99. The maximum Gasteiger partial charge on any atom is 0.137 e. The van der Waals surface area contributed by atoms with Gasteiger partial charge in [-0.2, -0.15) is 0 Å². The van der Waals surface area contributed by atoms with Crippen LogP contribution in [0.2, 0.25) is 0 Å². The second kappa shape index (κ2) is 7.55. The predicted octanol–water partition coefficient (Wildman–Crippen LogP) is 3.93. The fourth-order valence-electron chi connectivity index (χ4n) is 1.60. The number of Topliss-reactive ketones (excluding diaryl/α,β-unsaturated/α-hetero) is 1. The van der Waals surface area contributed by atoms with Gasteiger partial charge in [-0.05, 0) is 34.0 Å². The molecule has 0 aliphatic heterocycles. The monoisotopic (exact) mass is 283 g/mol. The third-order valence-corrected chi connectivity index (χ3v) is 3.25. The zero-order valence-corrected chi connectivity index (χ0v) is 11.3. The number of ketones is 1. The lowest BCUT2D eigenvalue weighted by molar-refractivity contribution is -0.118. The highest BCUT2D eigenvalue weighted by Crippen LogP contribution is 2.14. The van der Waals surface area contributed by atoms with Crippen molar-refractivity contribution < 1.29 is 4.79 Å². The van der Waals surface area contributed by atoms with Crippen LogP contribution in [0, 0.1) is 0 Å². The predicted molar refractivity (Wildman–Crippen MR) is 69.4 cm³/mol. The Hall–Kier alpha value is -0.700. The molecule has 0 aliphatic rings. The average molecular weight is 284 g/mol. The second-order valence-corrected chi connectivity index (χ2v) is 4.73. The van der Waals surface area contributed by atoms with Crippen LogP contribution in [-0.2, 0) is 11.2 Å². The Labute approximate surface area is 106 Å². The van der Waals surface area contributed by atoms with Crippen LogP contribution in [0.15, 0.2) is 22.9 Å². The molecule has 0 saturated heterocycles. The van der Waals surface area contributed by atoms with Crippen molar-refractivity contribution in [3.63, 3.8) is 0 Å². The third-order valence-electron chi connectivity index (χ3n) is 2.53. The Bertz CT molecular complexity index is 338. The molecule has 1 aromatic rings. The molecule has 0 N–H and O–H groups in total. The minimum absolute atomic E-state index is 0.310. The van der Waals surface area contributed by atoms with Gasteiger partial charge in [0.05, 0.1) is 0 Å². The molecule has 0 bridgehead atoms. The molecular weight excluding hydrogens is 266 g/mol. The molecule has 0 fully saturated rings. The van der Waals surface area contributed by atoms with E-state index in [9.17, 15) is 4.79 Å². The normalized spacial score (nSPS) is 10.4. The first kappa shape index (κ1) is 13.4. The SMILES string of the molecule is CCCCCCC(=O)Cc1cccnc1Br. The molecule has 0 aromatic carbocycles. The summed E-state index contributed by atoms with van der Waals surface area (Å²) >= 11 is 3.35. The van der Waals surface area contributed by atoms with Gasteiger partial charge in [0.1, 0.15) is 10.4 Å². The molecule has 1 rings (SSSR count). The Morgan fingerprint density at radius 2 is 2.19 bits per heavy atom. The van der Waals surface area contributed by atoms with Crippen molar-refractivity contribution in [1.29, 1.82) is 0 Å². The van der Waals surface area contributed by atoms with Crippen LogP contribution in [0.5, 0.6) is 0 Å². The lowest BCUT2D eigenvalue weighted by Crippen LogP contribution is -2.03. The van der Waals surface area contributed by atoms with Gasteiger partial charge in [-0.15, -0.1) is 0 Å². The number of halogens is 1. The molecule has 0 unspecified atom stereocenters. The minimum atomic E-state index is 0.310. The molecule has 0 spiro atoms. The van der Waals surface area contributed by atoms with E-state index in [2.05, 4.69) is 27.8 Å². The number of nitrogens with zero attached hydrogens (tertiary/aromatic N) is 1. The van der Waals surface area contributed by atoms with Gasteiger partial charge in [-0.1, -0.05) is 32.3 Å². The summed E-state index contributed by atoms with van der Waals surface area (Å²) in [4.78, 5) is 15.8. The van der Waals surface area contributed by atoms with E-state index in [1.54, 1.807) is 6.20 Å². The van der Waals surface area contributed by atoms with Crippen LogP contribution in [0.25, 0.3) is 0 Å². The zero-order chi connectivity index (χ0) is 11.8. The molecule has 88 valence electrons. The summed E-state index contributed by atoms with van der Waals surface area (Å²) in [5, 5.41) is 0. The quantitative estimate of drug-likeness (QED) is 0.561. The van der Waals surface area contributed by atoms with E-state index in [-0.39, 0.29) is 0 Å². The Morgan fingerprint density at radius 1 is 1.38 bits per heavy atom. The topological polar surface area (TPSA) is 30.0 Å².